The summed E-state index contributed by atoms with van der Waals surface area (Å²) >= 11 is 0. The van der Waals surface area contributed by atoms with E-state index >= 15 is 0 Å². The number of pyridine rings is 2. The van der Waals surface area contributed by atoms with Crippen LogP contribution in [0.4, 0.5) is 17.2 Å². The molecule has 4 aromatic rings. The fourth-order valence-electron chi connectivity index (χ4n) is 5.41. The monoisotopic (exact) mass is 574 g/mol. The number of benzene rings is 1. The first-order chi connectivity index (χ1) is 19.5. The lowest BCUT2D eigenvalue weighted by Crippen LogP contribution is -2.48. The Bertz CT molecular complexity index is 1780. The molecule has 0 spiro atoms. The molecule has 1 aromatic carbocycles. The molecule has 10 nitrogen and oxygen atoms in total. The molecule has 1 fully saturated rings. The van der Waals surface area contributed by atoms with E-state index in [2.05, 4.69) is 53.5 Å². The molecule has 216 valence electrons. The topological polar surface area (TPSA) is 109 Å². The van der Waals surface area contributed by atoms with E-state index in [4.69, 9.17) is 0 Å². The highest BCUT2D eigenvalue weighted by molar-refractivity contribution is 7.93. The fourth-order valence-corrected chi connectivity index (χ4v) is 6.43. The first-order valence-corrected chi connectivity index (χ1v) is 15.7. The average Bonchev–Trinajstić information content (AvgIpc) is 2.96. The van der Waals surface area contributed by atoms with Gasteiger partial charge in [0.25, 0.3) is 5.56 Å². The number of fused-ring (bicyclic) bond motifs is 1. The van der Waals surface area contributed by atoms with Gasteiger partial charge in [-0.3, -0.25) is 9.36 Å². The summed E-state index contributed by atoms with van der Waals surface area (Å²) in [5.74, 6) is 1.64. The minimum absolute atomic E-state index is 0.0249. The van der Waals surface area contributed by atoms with Crippen LogP contribution in [0.3, 0.4) is 0 Å². The van der Waals surface area contributed by atoms with Crippen LogP contribution in [0.2, 0.25) is 0 Å². The largest absolute Gasteiger partial charge is 0.376 e. The maximum Gasteiger partial charge on any atom is 0.259 e. The van der Waals surface area contributed by atoms with Gasteiger partial charge in [-0.15, -0.1) is 0 Å². The van der Waals surface area contributed by atoms with E-state index in [9.17, 15) is 9.00 Å². The molecule has 5 rings (SSSR count). The Labute approximate surface area is 241 Å². The van der Waals surface area contributed by atoms with E-state index < -0.39 is 9.73 Å². The number of hydrogen-bond acceptors (Lipinski definition) is 9. The molecule has 0 saturated carbocycles. The van der Waals surface area contributed by atoms with E-state index in [1.54, 1.807) is 17.9 Å². The van der Waals surface area contributed by atoms with Gasteiger partial charge in [0.05, 0.1) is 33.5 Å². The van der Waals surface area contributed by atoms with Crippen LogP contribution >= 0.6 is 0 Å². The Morgan fingerprint density at radius 2 is 1.63 bits per heavy atom. The second-order valence-electron chi connectivity index (χ2n) is 10.8. The fraction of sp³-hybridized carbons (Fsp3) is 0.400. The predicted molar refractivity (Wildman–Crippen MR) is 167 cm³/mol. The van der Waals surface area contributed by atoms with Crippen molar-refractivity contribution in [2.75, 3.05) is 54.6 Å². The van der Waals surface area contributed by atoms with Crippen molar-refractivity contribution in [2.45, 2.75) is 38.8 Å². The van der Waals surface area contributed by atoms with Crippen molar-refractivity contribution in [1.29, 1.82) is 0 Å². The molecule has 3 aromatic heterocycles. The minimum atomic E-state index is -2.66. The summed E-state index contributed by atoms with van der Waals surface area (Å²) in [7, 11) is 0.739. The SMILES string of the molecule is CN=S(C)(=O)c1nc(C)ccc1N[C@H](C)c1cc(C)cc2c(=O)n(C)c(N3CCN(c4cnc(C)nc4)CC3)cc12. The van der Waals surface area contributed by atoms with Crippen molar-refractivity contribution in [3.8, 4) is 0 Å². The molecule has 1 aliphatic rings. The van der Waals surface area contributed by atoms with Gasteiger partial charge < -0.3 is 15.1 Å². The molecule has 0 radical (unpaired) electrons. The summed E-state index contributed by atoms with van der Waals surface area (Å²) in [6, 6.07) is 9.82. The molecule has 1 unspecified atom stereocenters. The first-order valence-electron chi connectivity index (χ1n) is 13.8. The first kappa shape index (κ1) is 28.5. The van der Waals surface area contributed by atoms with Crippen LogP contribution in [0.15, 0.2) is 56.9 Å². The van der Waals surface area contributed by atoms with E-state index in [0.717, 1.165) is 65.7 Å². The highest BCUT2D eigenvalue weighted by Gasteiger charge is 2.23. The van der Waals surface area contributed by atoms with Gasteiger partial charge in [0.2, 0.25) is 0 Å². The number of piperazine rings is 1. The van der Waals surface area contributed by atoms with Gasteiger partial charge in [-0.2, -0.15) is 0 Å². The van der Waals surface area contributed by atoms with Crippen LogP contribution in [0.5, 0.6) is 0 Å². The molecule has 11 heteroatoms. The zero-order valence-corrected chi connectivity index (χ0v) is 25.6. The van der Waals surface area contributed by atoms with Crippen LogP contribution in [-0.4, -0.2) is 63.2 Å². The predicted octanol–water partition coefficient (Wildman–Crippen LogP) is 4.23. The lowest BCUT2D eigenvalue weighted by molar-refractivity contribution is 0.631. The molecule has 1 N–H and O–H groups in total. The summed E-state index contributed by atoms with van der Waals surface area (Å²) in [5.41, 5.74) is 4.44. The van der Waals surface area contributed by atoms with E-state index in [1.165, 1.54) is 0 Å². The third-order valence-electron chi connectivity index (χ3n) is 7.79. The van der Waals surface area contributed by atoms with E-state index in [-0.39, 0.29) is 11.6 Å². The van der Waals surface area contributed by atoms with Crippen molar-refractivity contribution < 1.29 is 4.21 Å². The number of nitrogens with zero attached hydrogens (tertiary/aromatic N) is 7. The maximum absolute atomic E-state index is 13.7. The Balaban J connectivity index is 1.50. The second kappa shape index (κ2) is 11.1. The molecular formula is C30H38N8O2S. The second-order valence-corrected chi connectivity index (χ2v) is 13.2. The standard InChI is InChI=1S/C30H38N8O2S/c1-19-14-24(21(3)35-27-9-8-20(2)34-29(27)41(7,40)31-5)25-16-28(36(6)30(39)26(25)15-19)38-12-10-37(11-13-38)23-17-32-22(4)33-18-23/h8-9,14-18,21,35H,10-13H2,1-7H3/t21-,41?/m1/s1. The number of aryl methyl sites for hydroxylation is 3. The summed E-state index contributed by atoms with van der Waals surface area (Å²) in [5, 5.41) is 5.56. The molecule has 0 amide bonds. The Morgan fingerprint density at radius 1 is 0.976 bits per heavy atom. The molecule has 41 heavy (non-hydrogen) atoms. The normalized spacial score (nSPS) is 16.0. The van der Waals surface area contributed by atoms with Crippen molar-refractivity contribution in [2.24, 2.45) is 11.4 Å². The summed E-state index contributed by atoms with van der Waals surface area (Å²) in [6.07, 6.45) is 5.34. The third kappa shape index (κ3) is 5.63. The lowest BCUT2D eigenvalue weighted by atomic mass is 9.97. The van der Waals surface area contributed by atoms with Crippen molar-refractivity contribution in [3.63, 3.8) is 0 Å². The smallest absolute Gasteiger partial charge is 0.259 e. The van der Waals surface area contributed by atoms with Crippen LogP contribution in [0.1, 0.15) is 35.6 Å². The number of anilines is 3. The van der Waals surface area contributed by atoms with Gasteiger partial charge in [-0.25, -0.2) is 23.5 Å². The van der Waals surface area contributed by atoms with E-state index in [1.807, 2.05) is 58.4 Å². The molecule has 2 atom stereocenters. The van der Waals surface area contributed by atoms with Crippen LogP contribution < -0.4 is 20.7 Å². The summed E-state index contributed by atoms with van der Waals surface area (Å²) in [6.45, 7) is 11.0. The minimum Gasteiger partial charge on any atom is -0.376 e. The molecule has 0 bridgehead atoms. The number of nitrogens with one attached hydrogen (secondary N) is 1. The van der Waals surface area contributed by atoms with Gasteiger partial charge in [0.1, 0.15) is 11.6 Å². The molecule has 1 aliphatic heterocycles. The van der Waals surface area contributed by atoms with Crippen LogP contribution in [0.25, 0.3) is 10.8 Å². The van der Waals surface area contributed by atoms with Crippen molar-refractivity contribution in [3.05, 3.63) is 75.7 Å². The third-order valence-corrected chi connectivity index (χ3v) is 9.52. The van der Waals surface area contributed by atoms with Crippen molar-refractivity contribution in [1.82, 2.24) is 19.5 Å². The van der Waals surface area contributed by atoms with Gasteiger partial charge in [-0.05, 0) is 68.5 Å². The molecule has 1 saturated heterocycles. The quantitative estimate of drug-likeness (QED) is 0.364. The van der Waals surface area contributed by atoms with Gasteiger partial charge in [0.15, 0.2) is 5.03 Å². The summed E-state index contributed by atoms with van der Waals surface area (Å²) in [4.78, 5) is 31.5. The summed E-state index contributed by atoms with van der Waals surface area (Å²) < 4.78 is 19.1. The van der Waals surface area contributed by atoms with Crippen LogP contribution in [-0.2, 0) is 16.8 Å². The number of rotatable bonds is 6. The van der Waals surface area contributed by atoms with Gasteiger partial charge in [0, 0.05) is 63.7 Å². The molecule has 0 aliphatic carbocycles. The number of aromatic nitrogens is 4. The van der Waals surface area contributed by atoms with Gasteiger partial charge >= 0.3 is 0 Å². The van der Waals surface area contributed by atoms with Crippen molar-refractivity contribution >= 4 is 37.7 Å². The molecule has 4 heterocycles. The number of hydrogen-bond donors (Lipinski definition) is 1. The van der Waals surface area contributed by atoms with E-state index in [0.29, 0.717) is 16.1 Å². The Kier molecular flexibility index (Phi) is 7.74. The Morgan fingerprint density at radius 3 is 2.29 bits per heavy atom. The zero-order chi connectivity index (χ0) is 29.5. The lowest BCUT2D eigenvalue weighted by Gasteiger charge is -2.37. The van der Waals surface area contributed by atoms with Crippen LogP contribution in [0, 0.1) is 20.8 Å². The Hall–Kier alpha value is -3.99. The zero-order valence-electron chi connectivity index (χ0n) is 24.8. The van der Waals surface area contributed by atoms with Gasteiger partial charge in [-0.1, -0.05) is 6.07 Å². The average molecular weight is 575 g/mol. The highest BCUT2D eigenvalue weighted by atomic mass is 32.2. The highest BCUT2D eigenvalue weighted by Crippen LogP contribution is 2.32. The molecular weight excluding hydrogens is 536 g/mol. The maximum atomic E-state index is 13.7.